The molecule has 1 heterocycles. The summed E-state index contributed by atoms with van der Waals surface area (Å²) in [6.07, 6.45) is 2.43. The van der Waals surface area contributed by atoms with Gasteiger partial charge in [-0.15, -0.1) is 0 Å². The van der Waals surface area contributed by atoms with Gasteiger partial charge >= 0.3 is 0 Å². The minimum absolute atomic E-state index is 0.160. The van der Waals surface area contributed by atoms with Crippen molar-refractivity contribution in [2.45, 2.75) is 26.8 Å². The third-order valence-corrected chi connectivity index (χ3v) is 2.86. The standard InChI is InChI=1S/C14H15FN2O/c1-9(2)17-7-12(8-18)14(16-17)11-5-4-10(3)13(15)6-11/h4-9H,1-3H3. The summed E-state index contributed by atoms with van der Waals surface area (Å²) < 4.78 is 15.2. The molecule has 1 aromatic carbocycles. The number of rotatable bonds is 3. The Morgan fingerprint density at radius 1 is 1.39 bits per heavy atom. The second-order valence-electron chi connectivity index (χ2n) is 4.59. The van der Waals surface area contributed by atoms with Crippen LogP contribution in [0.2, 0.25) is 0 Å². The van der Waals surface area contributed by atoms with Crippen LogP contribution in [0.1, 0.15) is 35.8 Å². The van der Waals surface area contributed by atoms with Gasteiger partial charge in [-0.3, -0.25) is 9.48 Å². The van der Waals surface area contributed by atoms with Crippen LogP contribution in [0.3, 0.4) is 0 Å². The Balaban J connectivity index is 2.55. The molecular weight excluding hydrogens is 231 g/mol. The van der Waals surface area contributed by atoms with Crippen molar-refractivity contribution in [2.75, 3.05) is 0 Å². The minimum Gasteiger partial charge on any atom is -0.298 e. The summed E-state index contributed by atoms with van der Waals surface area (Å²) in [7, 11) is 0. The lowest BCUT2D eigenvalue weighted by atomic mass is 10.1. The molecule has 18 heavy (non-hydrogen) atoms. The maximum atomic E-state index is 13.5. The molecule has 0 aliphatic carbocycles. The average molecular weight is 246 g/mol. The van der Waals surface area contributed by atoms with Crippen LogP contribution in [-0.2, 0) is 0 Å². The maximum Gasteiger partial charge on any atom is 0.153 e. The number of hydrogen-bond acceptors (Lipinski definition) is 2. The quantitative estimate of drug-likeness (QED) is 0.778. The zero-order valence-electron chi connectivity index (χ0n) is 10.6. The number of halogens is 1. The smallest absolute Gasteiger partial charge is 0.153 e. The van der Waals surface area contributed by atoms with Gasteiger partial charge in [-0.05, 0) is 32.4 Å². The molecule has 94 valence electrons. The van der Waals surface area contributed by atoms with Crippen molar-refractivity contribution < 1.29 is 9.18 Å². The number of nitrogens with zero attached hydrogens (tertiary/aromatic N) is 2. The Morgan fingerprint density at radius 3 is 2.67 bits per heavy atom. The van der Waals surface area contributed by atoms with Crippen molar-refractivity contribution in [1.82, 2.24) is 9.78 Å². The molecule has 0 bridgehead atoms. The molecular formula is C14H15FN2O. The topological polar surface area (TPSA) is 34.9 Å². The van der Waals surface area contributed by atoms with E-state index in [0.717, 1.165) is 6.29 Å². The van der Waals surface area contributed by atoms with Crippen molar-refractivity contribution in [2.24, 2.45) is 0 Å². The lowest BCUT2D eigenvalue weighted by molar-refractivity contribution is 0.112. The summed E-state index contributed by atoms with van der Waals surface area (Å²) in [5.74, 6) is -0.288. The molecule has 0 unspecified atom stereocenters. The van der Waals surface area contributed by atoms with E-state index < -0.39 is 0 Å². The van der Waals surface area contributed by atoms with Gasteiger partial charge in [0.2, 0.25) is 0 Å². The van der Waals surface area contributed by atoms with Crippen molar-refractivity contribution in [3.8, 4) is 11.3 Å². The Morgan fingerprint density at radius 2 is 2.11 bits per heavy atom. The summed E-state index contributed by atoms with van der Waals surface area (Å²) in [5, 5.41) is 4.34. The second kappa shape index (κ2) is 4.72. The first kappa shape index (κ1) is 12.5. The zero-order chi connectivity index (χ0) is 13.3. The number of carbonyl (C=O) groups excluding carboxylic acids is 1. The highest BCUT2D eigenvalue weighted by atomic mass is 19.1. The van der Waals surface area contributed by atoms with Gasteiger partial charge < -0.3 is 0 Å². The zero-order valence-corrected chi connectivity index (χ0v) is 10.6. The summed E-state index contributed by atoms with van der Waals surface area (Å²) in [6.45, 7) is 5.65. The molecule has 1 aromatic heterocycles. The number of benzene rings is 1. The highest BCUT2D eigenvalue weighted by Crippen LogP contribution is 2.24. The van der Waals surface area contributed by atoms with Gasteiger partial charge in [-0.2, -0.15) is 5.10 Å². The second-order valence-corrected chi connectivity index (χ2v) is 4.59. The molecule has 0 fully saturated rings. The largest absolute Gasteiger partial charge is 0.298 e. The predicted octanol–water partition coefficient (Wildman–Crippen LogP) is 3.39. The molecule has 3 nitrogen and oxygen atoms in total. The van der Waals surface area contributed by atoms with Crippen LogP contribution in [0, 0.1) is 12.7 Å². The third kappa shape index (κ3) is 2.18. The minimum atomic E-state index is -0.288. The van der Waals surface area contributed by atoms with Crippen molar-refractivity contribution in [3.63, 3.8) is 0 Å². The van der Waals surface area contributed by atoms with E-state index in [1.165, 1.54) is 6.07 Å². The summed E-state index contributed by atoms with van der Waals surface area (Å²) >= 11 is 0. The van der Waals surface area contributed by atoms with Gasteiger partial charge in [0.15, 0.2) is 6.29 Å². The Labute approximate surface area is 105 Å². The van der Waals surface area contributed by atoms with Crippen LogP contribution in [0.4, 0.5) is 4.39 Å². The fourth-order valence-corrected chi connectivity index (χ4v) is 1.72. The average Bonchev–Trinajstić information content (AvgIpc) is 2.77. The highest BCUT2D eigenvalue weighted by molar-refractivity contribution is 5.85. The fourth-order valence-electron chi connectivity index (χ4n) is 1.72. The van der Waals surface area contributed by atoms with Crippen LogP contribution in [0.15, 0.2) is 24.4 Å². The van der Waals surface area contributed by atoms with Gasteiger partial charge in [0, 0.05) is 17.8 Å². The van der Waals surface area contributed by atoms with E-state index >= 15 is 0 Å². The van der Waals surface area contributed by atoms with E-state index in [-0.39, 0.29) is 11.9 Å². The first-order valence-electron chi connectivity index (χ1n) is 5.83. The number of aldehydes is 1. The highest BCUT2D eigenvalue weighted by Gasteiger charge is 2.13. The molecule has 0 aliphatic rings. The first-order valence-corrected chi connectivity index (χ1v) is 5.83. The van der Waals surface area contributed by atoms with Crippen molar-refractivity contribution >= 4 is 6.29 Å². The molecule has 0 radical (unpaired) electrons. The number of aryl methyl sites for hydroxylation is 1. The Bertz CT molecular complexity index is 587. The first-order chi connectivity index (χ1) is 8.52. The van der Waals surface area contributed by atoms with Gasteiger partial charge in [0.1, 0.15) is 11.5 Å². The molecule has 2 aromatic rings. The Hall–Kier alpha value is -1.97. The maximum absolute atomic E-state index is 13.5. The molecule has 0 atom stereocenters. The van der Waals surface area contributed by atoms with Crippen LogP contribution >= 0.6 is 0 Å². The van der Waals surface area contributed by atoms with Gasteiger partial charge in [0.05, 0.1) is 5.56 Å². The van der Waals surface area contributed by atoms with E-state index in [0.29, 0.717) is 22.4 Å². The summed E-state index contributed by atoms with van der Waals surface area (Å²) in [5.41, 5.74) is 2.21. The normalized spacial score (nSPS) is 10.9. The lowest BCUT2D eigenvalue weighted by Crippen LogP contribution is -2.00. The number of carbonyl (C=O) groups is 1. The molecule has 0 N–H and O–H groups in total. The monoisotopic (exact) mass is 246 g/mol. The van der Waals surface area contributed by atoms with Gasteiger partial charge in [-0.1, -0.05) is 12.1 Å². The molecule has 0 saturated heterocycles. The molecule has 0 spiro atoms. The van der Waals surface area contributed by atoms with Gasteiger partial charge in [0.25, 0.3) is 0 Å². The SMILES string of the molecule is Cc1ccc(-c2nn(C(C)C)cc2C=O)cc1F. The fraction of sp³-hybridized carbons (Fsp3) is 0.286. The Kier molecular flexibility index (Phi) is 3.28. The van der Waals surface area contributed by atoms with Crippen LogP contribution in [-0.4, -0.2) is 16.1 Å². The molecule has 0 amide bonds. The lowest BCUT2D eigenvalue weighted by Gasteiger charge is -2.04. The van der Waals surface area contributed by atoms with Crippen LogP contribution in [0.5, 0.6) is 0 Å². The molecule has 0 saturated carbocycles. The van der Waals surface area contributed by atoms with Gasteiger partial charge in [-0.25, -0.2) is 4.39 Å². The van der Waals surface area contributed by atoms with Crippen molar-refractivity contribution in [3.05, 3.63) is 41.3 Å². The summed E-state index contributed by atoms with van der Waals surface area (Å²) in [4.78, 5) is 11.0. The molecule has 2 rings (SSSR count). The van der Waals surface area contributed by atoms with E-state index in [2.05, 4.69) is 5.10 Å². The van der Waals surface area contributed by atoms with E-state index in [1.54, 1.807) is 29.9 Å². The number of aromatic nitrogens is 2. The molecule has 0 aliphatic heterocycles. The van der Waals surface area contributed by atoms with E-state index in [9.17, 15) is 9.18 Å². The predicted molar refractivity (Wildman–Crippen MR) is 68.1 cm³/mol. The van der Waals surface area contributed by atoms with Crippen LogP contribution in [0.25, 0.3) is 11.3 Å². The third-order valence-electron chi connectivity index (χ3n) is 2.86. The molecule has 4 heteroatoms. The van der Waals surface area contributed by atoms with Crippen molar-refractivity contribution in [1.29, 1.82) is 0 Å². The van der Waals surface area contributed by atoms with Crippen LogP contribution < -0.4 is 0 Å². The summed E-state index contributed by atoms with van der Waals surface area (Å²) in [6, 6.07) is 5.04. The van der Waals surface area contributed by atoms with E-state index in [4.69, 9.17) is 0 Å². The van der Waals surface area contributed by atoms with E-state index in [1.807, 2.05) is 13.8 Å². The number of hydrogen-bond donors (Lipinski definition) is 0.